The van der Waals surface area contributed by atoms with Crippen molar-refractivity contribution in [2.45, 2.75) is 13.3 Å². The zero-order valence-corrected chi connectivity index (χ0v) is 8.08. The Hall–Kier alpha value is -0.870. The molecule has 0 saturated heterocycles. The molecule has 0 aliphatic heterocycles. The second-order valence-corrected chi connectivity index (χ2v) is 2.73. The average molecular weight is 188 g/mol. The fraction of sp³-hybridized carbons (Fsp3) is 0.667. The van der Waals surface area contributed by atoms with Crippen LogP contribution in [0.2, 0.25) is 0 Å². The van der Waals surface area contributed by atoms with Gasteiger partial charge in [-0.15, -0.1) is 0 Å². The van der Waals surface area contributed by atoms with E-state index in [1.54, 1.807) is 14.0 Å². The lowest BCUT2D eigenvalue weighted by Crippen LogP contribution is -2.02. The molecule has 0 fully saturated rings. The summed E-state index contributed by atoms with van der Waals surface area (Å²) in [5.74, 6) is -0.932. The van der Waals surface area contributed by atoms with Gasteiger partial charge in [0.2, 0.25) is 0 Å². The van der Waals surface area contributed by atoms with Gasteiger partial charge in [0.05, 0.1) is 6.61 Å². The zero-order chi connectivity index (χ0) is 10.1. The van der Waals surface area contributed by atoms with Crippen LogP contribution < -0.4 is 0 Å². The van der Waals surface area contributed by atoms with Crippen LogP contribution in [-0.4, -0.2) is 38.0 Å². The van der Waals surface area contributed by atoms with Crippen LogP contribution in [0, 0.1) is 0 Å². The molecular formula is C9H16O4. The first-order chi connectivity index (χ1) is 6.16. The molecule has 0 aromatic rings. The fourth-order valence-corrected chi connectivity index (χ4v) is 0.791. The average Bonchev–Trinajstić information content (AvgIpc) is 2.02. The molecule has 0 spiro atoms. The van der Waals surface area contributed by atoms with Crippen molar-refractivity contribution in [3.05, 3.63) is 11.6 Å². The molecule has 0 aromatic carbocycles. The summed E-state index contributed by atoms with van der Waals surface area (Å²) in [7, 11) is 1.63. The molecule has 1 N–H and O–H groups in total. The standard InChI is InChI=1S/C9H16O4/c1-8(6-9(10)11)7-13-5-3-4-12-2/h6H,3-5,7H2,1-2H3,(H,10,11). The topological polar surface area (TPSA) is 55.8 Å². The number of methoxy groups -OCH3 is 1. The van der Waals surface area contributed by atoms with E-state index in [-0.39, 0.29) is 0 Å². The summed E-state index contributed by atoms with van der Waals surface area (Å²) in [6.45, 7) is 3.36. The summed E-state index contributed by atoms with van der Waals surface area (Å²) < 4.78 is 10.0. The third-order valence-electron chi connectivity index (χ3n) is 1.34. The van der Waals surface area contributed by atoms with Crippen molar-refractivity contribution in [3.8, 4) is 0 Å². The number of carboxylic acids is 1. The molecule has 0 aromatic heterocycles. The number of hydrogen-bond donors (Lipinski definition) is 1. The van der Waals surface area contributed by atoms with E-state index in [1.807, 2.05) is 0 Å². The van der Waals surface area contributed by atoms with Crippen LogP contribution in [-0.2, 0) is 14.3 Å². The van der Waals surface area contributed by atoms with E-state index >= 15 is 0 Å². The van der Waals surface area contributed by atoms with Crippen molar-refractivity contribution in [3.63, 3.8) is 0 Å². The van der Waals surface area contributed by atoms with E-state index in [2.05, 4.69) is 0 Å². The number of carboxylic acid groups (broad SMARTS) is 1. The first kappa shape index (κ1) is 12.1. The van der Waals surface area contributed by atoms with Crippen molar-refractivity contribution in [2.75, 3.05) is 26.9 Å². The summed E-state index contributed by atoms with van der Waals surface area (Å²) in [4.78, 5) is 10.2. The van der Waals surface area contributed by atoms with Gasteiger partial charge in [-0.3, -0.25) is 0 Å². The van der Waals surface area contributed by atoms with Gasteiger partial charge in [-0.1, -0.05) is 0 Å². The molecule has 0 radical (unpaired) electrons. The van der Waals surface area contributed by atoms with Crippen molar-refractivity contribution in [1.82, 2.24) is 0 Å². The number of ether oxygens (including phenoxy) is 2. The first-order valence-electron chi connectivity index (χ1n) is 4.13. The maximum Gasteiger partial charge on any atom is 0.328 e. The highest BCUT2D eigenvalue weighted by Crippen LogP contribution is 1.94. The quantitative estimate of drug-likeness (QED) is 0.479. The largest absolute Gasteiger partial charge is 0.478 e. The summed E-state index contributed by atoms with van der Waals surface area (Å²) in [6.07, 6.45) is 1.98. The van der Waals surface area contributed by atoms with E-state index in [0.29, 0.717) is 25.4 Å². The summed E-state index contributed by atoms with van der Waals surface area (Å²) in [5.41, 5.74) is 0.713. The molecule has 4 nitrogen and oxygen atoms in total. The van der Waals surface area contributed by atoms with Gasteiger partial charge >= 0.3 is 5.97 Å². The van der Waals surface area contributed by atoms with Crippen molar-refractivity contribution >= 4 is 5.97 Å². The predicted molar refractivity (Wildman–Crippen MR) is 48.7 cm³/mol. The Morgan fingerprint density at radius 3 is 2.69 bits per heavy atom. The Morgan fingerprint density at radius 2 is 2.15 bits per heavy atom. The molecule has 0 rings (SSSR count). The van der Waals surface area contributed by atoms with Crippen LogP contribution in [0.15, 0.2) is 11.6 Å². The van der Waals surface area contributed by atoms with Crippen LogP contribution in [0.25, 0.3) is 0 Å². The third kappa shape index (κ3) is 9.04. The van der Waals surface area contributed by atoms with Crippen LogP contribution in [0.1, 0.15) is 13.3 Å². The van der Waals surface area contributed by atoms with Gasteiger partial charge in [0.15, 0.2) is 0 Å². The molecule has 0 aliphatic rings. The predicted octanol–water partition coefficient (Wildman–Crippen LogP) is 1.07. The molecule has 0 heterocycles. The number of hydrogen-bond acceptors (Lipinski definition) is 3. The van der Waals surface area contributed by atoms with Gasteiger partial charge in [0.1, 0.15) is 0 Å². The van der Waals surface area contributed by atoms with Crippen molar-refractivity contribution in [1.29, 1.82) is 0 Å². The molecule has 76 valence electrons. The number of aliphatic carboxylic acids is 1. The Kier molecular flexibility index (Phi) is 7.24. The maximum atomic E-state index is 10.2. The van der Waals surface area contributed by atoms with E-state index in [1.165, 1.54) is 0 Å². The minimum Gasteiger partial charge on any atom is -0.478 e. The second-order valence-electron chi connectivity index (χ2n) is 2.73. The Morgan fingerprint density at radius 1 is 1.46 bits per heavy atom. The second kappa shape index (κ2) is 7.76. The minimum absolute atomic E-state index is 0.371. The molecule has 13 heavy (non-hydrogen) atoms. The van der Waals surface area contributed by atoms with Crippen LogP contribution in [0.5, 0.6) is 0 Å². The van der Waals surface area contributed by atoms with Crippen LogP contribution >= 0.6 is 0 Å². The normalized spacial score (nSPS) is 11.7. The van der Waals surface area contributed by atoms with Gasteiger partial charge < -0.3 is 14.6 Å². The zero-order valence-electron chi connectivity index (χ0n) is 8.08. The Labute approximate surface area is 78.2 Å². The highest BCUT2D eigenvalue weighted by atomic mass is 16.5. The van der Waals surface area contributed by atoms with Gasteiger partial charge in [0.25, 0.3) is 0 Å². The Balaban J connectivity index is 3.37. The van der Waals surface area contributed by atoms with E-state index in [4.69, 9.17) is 14.6 Å². The Bertz CT molecular complexity index is 174. The maximum absolute atomic E-state index is 10.2. The molecule has 0 unspecified atom stereocenters. The molecule has 0 amide bonds. The first-order valence-corrected chi connectivity index (χ1v) is 4.13. The van der Waals surface area contributed by atoms with E-state index in [0.717, 1.165) is 12.5 Å². The van der Waals surface area contributed by atoms with Crippen molar-refractivity contribution < 1.29 is 19.4 Å². The van der Waals surface area contributed by atoms with Crippen LogP contribution in [0.3, 0.4) is 0 Å². The van der Waals surface area contributed by atoms with Gasteiger partial charge in [0, 0.05) is 26.4 Å². The molecule has 0 aliphatic carbocycles. The summed E-state index contributed by atoms with van der Waals surface area (Å²) in [5, 5.41) is 8.37. The monoisotopic (exact) mass is 188 g/mol. The summed E-state index contributed by atoms with van der Waals surface area (Å²) >= 11 is 0. The van der Waals surface area contributed by atoms with Gasteiger partial charge in [-0.05, 0) is 18.9 Å². The van der Waals surface area contributed by atoms with Gasteiger partial charge in [-0.25, -0.2) is 4.79 Å². The van der Waals surface area contributed by atoms with E-state index in [9.17, 15) is 4.79 Å². The van der Waals surface area contributed by atoms with Crippen molar-refractivity contribution in [2.24, 2.45) is 0 Å². The lowest BCUT2D eigenvalue weighted by atomic mass is 10.3. The highest BCUT2D eigenvalue weighted by Gasteiger charge is 1.94. The van der Waals surface area contributed by atoms with Gasteiger partial charge in [-0.2, -0.15) is 0 Å². The third-order valence-corrected chi connectivity index (χ3v) is 1.34. The molecule has 0 atom stereocenters. The number of rotatable bonds is 7. The smallest absolute Gasteiger partial charge is 0.328 e. The van der Waals surface area contributed by atoms with E-state index < -0.39 is 5.97 Å². The lowest BCUT2D eigenvalue weighted by Gasteiger charge is -2.02. The fourth-order valence-electron chi connectivity index (χ4n) is 0.791. The molecule has 0 bridgehead atoms. The molecular weight excluding hydrogens is 172 g/mol. The minimum atomic E-state index is -0.932. The van der Waals surface area contributed by atoms with Crippen LogP contribution in [0.4, 0.5) is 0 Å². The summed E-state index contributed by atoms with van der Waals surface area (Å²) in [6, 6.07) is 0. The highest BCUT2D eigenvalue weighted by molar-refractivity contribution is 5.80. The number of carbonyl (C=O) groups is 1. The molecule has 0 saturated carbocycles. The SMILES string of the molecule is COCCCOCC(C)=CC(=O)O. The molecule has 4 heteroatoms. The lowest BCUT2D eigenvalue weighted by molar-refractivity contribution is -0.131.